The molecule has 128 valence electrons. The SMILES string of the molecule is COC1C(=O)CCC(O)(CCl)C1(O)C(C)(O)CCC=C(C)C. The van der Waals surface area contributed by atoms with Gasteiger partial charge in [-0.15, -0.1) is 11.6 Å². The maximum Gasteiger partial charge on any atom is 0.164 e. The first-order valence-electron chi connectivity index (χ1n) is 7.47. The van der Waals surface area contributed by atoms with E-state index >= 15 is 0 Å². The highest BCUT2D eigenvalue weighted by atomic mass is 35.5. The van der Waals surface area contributed by atoms with Crippen molar-refractivity contribution < 1.29 is 24.9 Å². The fourth-order valence-corrected chi connectivity index (χ4v) is 3.55. The smallest absolute Gasteiger partial charge is 0.164 e. The fraction of sp³-hybridized carbons (Fsp3) is 0.812. The van der Waals surface area contributed by atoms with Crippen molar-refractivity contribution in [1.29, 1.82) is 0 Å². The van der Waals surface area contributed by atoms with Crippen molar-refractivity contribution in [2.75, 3.05) is 13.0 Å². The van der Waals surface area contributed by atoms with Gasteiger partial charge >= 0.3 is 0 Å². The van der Waals surface area contributed by atoms with Crippen molar-refractivity contribution in [2.24, 2.45) is 0 Å². The summed E-state index contributed by atoms with van der Waals surface area (Å²) in [5.74, 6) is -0.641. The minimum Gasteiger partial charge on any atom is -0.387 e. The maximum absolute atomic E-state index is 12.1. The van der Waals surface area contributed by atoms with Crippen LogP contribution in [-0.4, -0.2) is 57.0 Å². The number of carbonyl (C=O) groups excluding carboxylic acids is 1. The van der Waals surface area contributed by atoms with Crippen LogP contribution in [0.3, 0.4) is 0 Å². The molecule has 0 radical (unpaired) electrons. The number of hydrogen-bond donors (Lipinski definition) is 3. The van der Waals surface area contributed by atoms with Gasteiger partial charge in [0.05, 0.1) is 11.5 Å². The van der Waals surface area contributed by atoms with Crippen LogP contribution in [0.1, 0.15) is 46.5 Å². The lowest BCUT2D eigenvalue weighted by molar-refractivity contribution is -0.283. The number of carbonyl (C=O) groups is 1. The first-order valence-corrected chi connectivity index (χ1v) is 8.01. The Hall–Kier alpha value is -0.460. The molecule has 4 unspecified atom stereocenters. The van der Waals surface area contributed by atoms with Crippen LogP contribution in [0.25, 0.3) is 0 Å². The lowest BCUT2D eigenvalue weighted by Crippen LogP contribution is -2.76. The van der Waals surface area contributed by atoms with Crippen molar-refractivity contribution in [2.45, 2.75) is 69.4 Å². The molecule has 0 saturated heterocycles. The lowest BCUT2D eigenvalue weighted by atomic mass is 9.61. The molecule has 1 aliphatic carbocycles. The second-order valence-electron chi connectivity index (χ2n) is 6.61. The molecule has 5 nitrogen and oxygen atoms in total. The van der Waals surface area contributed by atoms with E-state index in [0.29, 0.717) is 6.42 Å². The Bertz CT molecular complexity index is 444. The van der Waals surface area contributed by atoms with Crippen LogP contribution in [0.15, 0.2) is 11.6 Å². The molecule has 1 saturated carbocycles. The molecule has 0 heterocycles. The van der Waals surface area contributed by atoms with Crippen molar-refractivity contribution in [3.8, 4) is 0 Å². The second-order valence-corrected chi connectivity index (χ2v) is 6.87. The highest BCUT2D eigenvalue weighted by Crippen LogP contribution is 2.46. The predicted octanol–water partition coefficient (Wildman–Crippen LogP) is 1.56. The maximum atomic E-state index is 12.1. The van der Waals surface area contributed by atoms with Gasteiger partial charge in [0.25, 0.3) is 0 Å². The van der Waals surface area contributed by atoms with Crippen molar-refractivity contribution in [1.82, 2.24) is 0 Å². The summed E-state index contributed by atoms with van der Waals surface area (Å²) >= 11 is 5.87. The number of ketones is 1. The molecule has 0 spiro atoms. The predicted molar refractivity (Wildman–Crippen MR) is 84.9 cm³/mol. The van der Waals surface area contributed by atoms with Gasteiger partial charge in [-0.2, -0.15) is 0 Å². The van der Waals surface area contributed by atoms with Gasteiger partial charge in [0.15, 0.2) is 11.4 Å². The summed E-state index contributed by atoms with van der Waals surface area (Å²) < 4.78 is 5.14. The van der Waals surface area contributed by atoms with Crippen molar-refractivity contribution in [3.63, 3.8) is 0 Å². The molecule has 0 aromatic heterocycles. The van der Waals surface area contributed by atoms with Gasteiger partial charge in [0.1, 0.15) is 11.7 Å². The topological polar surface area (TPSA) is 87.0 Å². The quantitative estimate of drug-likeness (QED) is 0.507. The molecule has 4 atom stereocenters. The van der Waals surface area contributed by atoms with Crippen LogP contribution in [0, 0.1) is 0 Å². The Balaban J connectivity index is 3.24. The highest BCUT2D eigenvalue weighted by molar-refractivity contribution is 6.18. The van der Waals surface area contributed by atoms with E-state index in [1.807, 2.05) is 19.9 Å². The Morgan fingerprint density at radius 1 is 1.50 bits per heavy atom. The van der Waals surface area contributed by atoms with Gasteiger partial charge < -0.3 is 20.1 Å². The van der Waals surface area contributed by atoms with E-state index in [1.54, 1.807) is 0 Å². The number of methoxy groups -OCH3 is 1. The number of hydrogen-bond acceptors (Lipinski definition) is 5. The third-order valence-electron chi connectivity index (χ3n) is 4.63. The first-order chi connectivity index (χ1) is 10.1. The largest absolute Gasteiger partial charge is 0.387 e. The minimum absolute atomic E-state index is 0.00944. The molecule has 3 N–H and O–H groups in total. The summed E-state index contributed by atoms with van der Waals surface area (Å²) in [4.78, 5) is 12.1. The summed E-state index contributed by atoms with van der Waals surface area (Å²) in [5.41, 5.74) is -4.61. The van der Waals surface area contributed by atoms with Crippen LogP contribution >= 0.6 is 11.6 Å². The first kappa shape index (κ1) is 19.6. The normalized spacial score (nSPS) is 35.1. The van der Waals surface area contributed by atoms with Gasteiger partial charge in [0.2, 0.25) is 0 Å². The standard InChI is InChI=1S/C16H27ClO5/c1-11(2)6-5-8-14(3,19)16(21)13(22-4)12(18)7-9-15(16,20)10-17/h6,13,19-21H,5,7-10H2,1-4H3. The number of alkyl halides is 1. The Labute approximate surface area is 136 Å². The van der Waals surface area contributed by atoms with Gasteiger partial charge in [-0.3, -0.25) is 4.79 Å². The average Bonchev–Trinajstić information content (AvgIpc) is 2.43. The monoisotopic (exact) mass is 334 g/mol. The van der Waals surface area contributed by atoms with Crippen molar-refractivity contribution >= 4 is 17.4 Å². The Morgan fingerprint density at radius 3 is 2.55 bits per heavy atom. The number of aliphatic hydroxyl groups is 3. The van der Waals surface area contributed by atoms with Crippen LogP contribution in [0.2, 0.25) is 0 Å². The third-order valence-corrected chi connectivity index (χ3v) is 5.07. The second kappa shape index (κ2) is 6.97. The molecule has 0 aromatic rings. The molecular formula is C16H27ClO5. The molecule has 22 heavy (non-hydrogen) atoms. The minimum atomic E-state index is -2.17. The Kier molecular flexibility index (Phi) is 6.21. The molecule has 0 aromatic carbocycles. The molecule has 0 bridgehead atoms. The summed E-state index contributed by atoms with van der Waals surface area (Å²) in [6.45, 7) is 5.27. The van der Waals surface area contributed by atoms with Crippen LogP contribution in [0.5, 0.6) is 0 Å². The highest BCUT2D eigenvalue weighted by Gasteiger charge is 2.67. The van der Waals surface area contributed by atoms with Gasteiger partial charge in [0, 0.05) is 13.5 Å². The number of halogens is 1. The van der Waals surface area contributed by atoms with E-state index in [1.165, 1.54) is 14.0 Å². The summed E-state index contributed by atoms with van der Waals surface area (Å²) in [7, 11) is 1.28. The number of ether oxygens (including phenoxy) is 1. The Morgan fingerprint density at radius 2 is 2.09 bits per heavy atom. The summed E-state index contributed by atoms with van der Waals surface area (Å²) in [5, 5.41) is 32.8. The molecule has 6 heteroatoms. The molecular weight excluding hydrogens is 308 g/mol. The van der Waals surface area contributed by atoms with Gasteiger partial charge in [-0.25, -0.2) is 0 Å². The van der Waals surface area contributed by atoms with E-state index in [2.05, 4.69) is 0 Å². The van der Waals surface area contributed by atoms with Crippen LogP contribution in [-0.2, 0) is 9.53 Å². The zero-order valence-electron chi connectivity index (χ0n) is 13.7. The van der Waals surface area contributed by atoms with E-state index in [9.17, 15) is 20.1 Å². The zero-order chi connectivity index (χ0) is 17.2. The lowest BCUT2D eigenvalue weighted by Gasteiger charge is -2.55. The van der Waals surface area contributed by atoms with Crippen LogP contribution < -0.4 is 0 Å². The number of rotatable bonds is 6. The molecule has 1 rings (SSSR count). The van der Waals surface area contributed by atoms with E-state index in [4.69, 9.17) is 16.3 Å². The molecule has 0 amide bonds. The van der Waals surface area contributed by atoms with E-state index < -0.39 is 22.9 Å². The average molecular weight is 335 g/mol. The van der Waals surface area contributed by atoms with Gasteiger partial charge in [-0.05, 0) is 40.0 Å². The molecule has 1 fully saturated rings. The van der Waals surface area contributed by atoms with Crippen molar-refractivity contribution in [3.05, 3.63) is 11.6 Å². The molecule has 1 aliphatic rings. The van der Waals surface area contributed by atoms with E-state index in [-0.39, 0.29) is 30.9 Å². The number of allylic oxidation sites excluding steroid dienone is 2. The zero-order valence-corrected chi connectivity index (χ0v) is 14.5. The summed E-state index contributed by atoms with van der Waals surface area (Å²) in [6.07, 6.45) is 1.32. The van der Waals surface area contributed by atoms with Gasteiger partial charge in [-0.1, -0.05) is 11.6 Å². The fourth-order valence-electron chi connectivity index (χ4n) is 3.22. The van der Waals surface area contributed by atoms with Crippen LogP contribution in [0.4, 0.5) is 0 Å². The van der Waals surface area contributed by atoms with E-state index in [0.717, 1.165) is 5.57 Å². The number of Topliss-reactive ketones (excluding diaryl/α,β-unsaturated/α-hetero) is 1. The third kappa shape index (κ3) is 3.24. The summed E-state index contributed by atoms with van der Waals surface area (Å²) in [6, 6.07) is 0. The molecule has 0 aliphatic heterocycles.